The number of piperidine rings is 1. The van der Waals surface area contributed by atoms with E-state index in [4.69, 9.17) is 4.74 Å². The molecular formula is C18H22N2O3S. The van der Waals surface area contributed by atoms with Gasteiger partial charge in [-0.3, -0.25) is 0 Å². The van der Waals surface area contributed by atoms with Crippen LogP contribution in [0.15, 0.2) is 47.5 Å². The van der Waals surface area contributed by atoms with Crippen LogP contribution in [0.3, 0.4) is 0 Å². The Balaban J connectivity index is 1.95. The summed E-state index contributed by atoms with van der Waals surface area (Å²) in [5.74, 6) is 0.530. The molecule has 0 aliphatic carbocycles. The molecule has 1 fully saturated rings. The second-order valence-electron chi connectivity index (χ2n) is 6.07. The van der Waals surface area contributed by atoms with E-state index in [0.717, 1.165) is 30.4 Å². The lowest BCUT2D eigenvalue weighted by Crippen LogP contribution is -2.38. The van der Waals surface area contributed by atoms with E-state index < -0.39 is 10.0 Å². The summed E-state index contributed by atoms with van der Waals surface area (Å²) in [6.07, 6.45) is 4.41. The molecular weight excluding hydrogens is 324 g/mol. The zero-order valence-electron chi connectivity index (χ0n) is 14.0. The molecule has 1 aromatic carbocycles. The summed E-state index contributed by atoms with van der Waals surface area (Å²) < 4.78 is 32.9. The van der Waals surface area contributed by atoms with Crippen molar-refractivity contribution in [3.63, 3.8) is 0 Å². The number of ether oxygens (including phenoxy) is 1. The van der Waals surface area contributed by atoms with Gasteiger partial charge in [0.2, 0.25) is 15.9 Å². The van der Waals surface area contributed by atoms with Crippen LogP contribution in [0, 0.1) is 6.92 Å². The molecule has 0 spiro atoms. The number of aryl methyl sites for hydroxylation is 1. The molecule has 6 heteroatoms. The van der Waals surface area contributed by atoms with Crippen LogP contribution in [0.25, 0.3) is 0 Å². The molecule has 0 bridgehead atoms. The second-order valence-corrected chi connectivity index (χ2v) is 7.96. The maximum atomic E-state index is 13.1. The van der Waals surface area contributed by atoms with Crippen molar-refractivity contribution in [1.29, 1.82) is 0 Å². The number of rotatable bonds is 4. The van der Waals surface area contributed by atoms with Gasteiger partial charge in [-0.15, -0.1) is 0 Å². The molecule has 0 amide bonds. The van der Waals surface area contributed by atoms with E-state index in [9.17, 15) is 8.42 Å². The minimum absolute atomic E-state index is 0.177. The molecule has 1 saturated heterocycles. The van der Waals surface area contributed by atoms with Gasteiger partial charge in [0.1, 0.15) is 0 Å². The average molecular weight is 346 g/mol. The first-order valence-electron chi connectivity index (χ1n) is 8.11. The second kappa shape index (κ2) is 6.91. The fourth-order valence-corrected chi connectivity index (χ4v) is 4.76. The molecule has 0 N–H and O–H groups in total. The predicted octanol–water partition coefficient (Wildman–Crippen LogP) is 3.31. The van der Waals surface area contributed by atoms with Crippen molar-refractivity contribution in [3.8, 4) is 5.88 Å². The number of pyridine rings is 1. The molecule has 0 saturated carbocycles. The number of hydrogen-bond donors (Lipinski definition) is 0. The molecule has 1 aliphatic rings. The Morgan fingerprint density at radius 1 is 1.12 bits per heavy atom. The van der Waals surface area contributed by atoms with E-state index in [-0.39, 0.29) is 6.04 Å². The molecule has 5 nitrogen and oxygen atoms in total. The minimum atomic E-state index is -3.52. The van der Waals surface area contributed by atoms with Crippen molar-refractivity contribution < 1.29 is 13.2 Å². The van der Waals surface area contributed by atoms with Crippen molar-refractivity contribution >= 4 is 10.0 Å². The van der Waals surface area contributed by atoms with Gasteiger partial charge >= 0.3 is 0 Å². The van der Waals surface area contributed by atoms with Crippen molar-refractivity contribution in [2.45, 2.75) is 37.1 Å². The lowest BCUT2D eigenvalue weighted by Gasteiger charge is -2.34. The summed E-state index contributed by atoms with van der Waals surface area (Å²) in [7, 11) is -1.95. The summed E-state index contributed by atoms with van der Waals surface area (Å²) in [4.78, 5) is 4.58. The van der Waals surface area contributed by atoms with Gasteiger partial charge in [0, 0.05) is 18.8 Å². The number of sulfonamides is 1. The summed E-state index contributed by atoms with van der Waals surface area (Å²) >= 11 is 0. The monoisotopic (exact) mass is 346 g/mol. The van der Waals surface area contributed by atoms with E-state index in [0.29, 0.717) is 17.3 Å². The van der Waals surface area contributed by atoms with Gasteiger partial charge in [0.25, 0.3) is 0 Å². The molecule has 0 radical (unpaired) electrons. The van der Waals surface area contributed by atoms with Crippen LogP contribution in [-0.2, 0) is 10.0 Å². The molecule has 1 aliphatic heterocycles. The topological polar surface area (TPSA) is 59.5 Å². The summed E-state index contributed by atoms with van der Waals surface area (Å²) in [6.45, 7) is 2.48. The van der Waals surface area contributed by atoms with Gasteiger partial charge in [0.05, 0.1) is 18.0 Å². The smallest absolute Gasteiger partial charge is 0.243 e. The molecule has 1 aromatic heterocycles. The standard InChI is InChI=1S/C18H22N2O3S/c1-14-6-9-16(10-7-14)24(21,22)20-12-4-3-5-17(20)15-8-11-18(23-2)19-13-15/h6-11,13,17H,3-5,12H2,1-2H3/t17-/m1/s1. The number of methoxy groups -OCH3 is 1. The number of benzene rings is 1. The van der Waals surface area contributed by atoms with E-state index in [1.807, 2.05) is 25.1 Å². The quantitative estimate of drug-likeness (QED) is 0.852. The van der Waals surface area contributed by atoms with Gasteiger partial charge in [-0.1, -0.05) is 30.2 Å². The third kappa shape index (κ3) is 3.30. The third-order valence-electron chi connectivity index (χ3n) is 4.43. The van der Waals surface area contributed by atoms with Crippen LogP contribution < -0.4 is 4.74 Å². The fourth-order valence-electron chi connectivity index (χ4n) is 3.08. The van der Waals surface area contributed by atoms with Crippen LogP contribution in [0.4, 0.5) is 0 Å². The van der Waals surface area contributed by atoms with Crippen molar-refractivity contribution in [2.24, 2.45) is 0 Å². The first-order valence-corrected chi connectivity index (χ1v) is 9.55. The van der Waals surface area contributed by atoms with Crippen LogP contribution in [-0.4, -0.2) is 31.4 Å². The molecule has 2 aromatic rings. The van der Waals surface area contributed by atoms with Crippen molar-refractivity contribution in [3.05, 3.63) is 53.7 Å². The molecule has 3 rings (SSSR count). The zero-order chi connectivity index (χ0) is 17.2. The van der Waals surface area contributed by atoms with Crippen LogP contribution in [0.2, 0.25) is 0 Å². The number of hydrogen-bond acceptors (Lipinski definition) is 4. The van der Waals surface area contributed by atoms with E-state index >= 15 is 0 Å². The Bertz CT molecular complexity index is 786. The molecule has 128 valence electrons. The SMILES string of the molecule is COc1ccc([C@H]2CCCCN2S(=O)(=O)c2ccc(C)cc2)cn1. The molecule has 2 heterocycles. The van der Waals surface area contributed by atoms with E-state index in [2.05, 4.69) is 4.98 Å². The van der Waals surface area contributed by atoms with Gasteiger partial charge < -0.3 is 4.74 Å². The van der Waals surface area contributed by atoms with Crippen LogP contribution in [0.1, 0.15) is 36.4 Å². The molecule has 24 heavy (non-hydrogen) atoms. The lowest BCUT2D eigenvalue weighted by molar-refractivity contribution is 0.255. The van der Waals surface area contributed by atoms with E-state index in [1.165, 1.54) is 0 Å². The highest BCUT2D eigenvalue weighted by Crippen LogP contribution is 2.35. The van der Waals surface area contributed by atoms with Gasteiger partial charge in [-0.25, -0.2) is 13.4 Å². The maximum Gasteiger partial charge on any atom is 0.243 e. The Morgan fingerprint density at radius 2 is 1.88 bits per heavy atom. The highest BCUT2D eigenvalue weighted by atomic mass is 32.2. The summed E-state index contributed by atoms with van der Waals surface area (Å²) in [6, 6.07) is 10.5. The lowest BCUT2D eigenvalue weighted by atomic mass is 9.99. The normalized spacial score (nSPS) is 19.2. The third-order valence-corrected chi connectivity index (χ3v) is 6.36. The number of nitrogens with zero attached hydrogens (tertiary/aromatic N) is 2. The fraction of sp³-hybridized carbons (Fsp3) is 0.389. The van der Waals surface area contributed by atoms with Crippen molar-refractivity contribution in [2.75, 3.05) is 13.7 Å². The van der Waals surface area contributed by atoms with Gasteiger partial charge in [0.15, 0.2) is 0 Å². The van der Waals surface area contributed by atoms with Crippen molar-refractivity contribution in [1.82, 2.24) is 9.29 Å². The Hall–Kier alpha value is -1.92. The highest BCUT2D eigenvalue weighted by molar-refractivity contribution is 7.89. The maximum absolute atomic E-state index is 13.1. The Morgan fingerprint density at radius 3 is 2.50 bits per heavy atom. The van der Waals surface area contributed by atoms with E-state index in [1.54, 1.807) is 35.8 Å². The number of aromatic nitrogens is 1. The largest absolute Gasteiger partial charge is 0.481 e. The Kier molecular flexibility index (Phi) is 4.87. The molecule has 1 atom stereocenters. The average Bonchev–Trinajstić information content (AvgIpc) is 2.62. The first kappa shape index (κ1) is 16.9. The minimum Gasteiger partial charge on any atom is -0.481 e. The molecule has 0 unspecified atom stereocenters. The van der Waals surface area contributed by atoms with Gasteiger partial charge in [-0.05, 0) is 37.5 Å². The highest BCUT2D eigenvalue weighted by Gasteiger charge is 2.34. The zero-order valence-corrected chi connectivity index (χ0v) is 14.8. The van der Waals surface area contributed by atoms with Crippen LogP contribution >= 0.6 is 0 Å². The predicted molar refractivity (Wildman–Crippen MR) is 92.5 cm³/mol. The first-order chi connectivity index (χ1) is 11.5. The summed E-state index contributed by atoms with van der Waals surface area (Å²) in [5.41, 5.74) is 1.95. The van der Waals surface area contributed by atoms with Gasteiger partial charge in [-0.2, -0.15) is 4.31 Å². The van der Waals surface area contributed by atoms with Crippen LogP contribution in [0.5, 0.6) is 5.88 Å². The summed E-state index contributed by atoms with van der Waals surface area (Å²) in [5, 5.41) is 0. The Labute approximate surface area is 143 Å².